The molecule has 0 aliphatic heterocycles. The summed E-state index contributed by atoms with van der Waals surface area (Å²) in [5.41, 5.74) is 7.96. The van der Waals surface area contributed by atoms with Gasteiger partial charge in [0, 0.05) is 18.8 Å². The van der Waals surface area contributed by atoms with E-state index in [1.807, 2.05) is 18.2 Å². The topological polar surface area (TPSA) is 49.5 Å². The first-order chi connectivity index (χ1) is 7.77. The number of aliphatic hydroxyl groups excluding tert-OH is 1. The Bertz CT molecular complexity index is 302. The van der Waals surface area contributed by atoms with E-state index in [1.165, 1.54) is 5.56 Å². The number of unbranched alkanes of at least 4 members (excludes halogenated alkanes) is 1. The van der Waals surface area contributed by atoms with Gasteiger partial charge < -0.3 is 10.8 Å². The smallest absolute Gasteiger partial charge is 0.0431 e. The Balaban J connectivity index is 2.46. The molecule has 0 amide bonds. The van der Waals surface area contributed by atoms with Gasteiger partial charge in [-0.05, 0) is 37.6 Å². The molecule has 0 radical (unpaired) electrons. The normalized spacial score (nSPS) is 10.9. The third-order valence-corrected chi connectivity index (χ3v) is 2.78. The number of nitrogen functional groups attached to an aromatic ring is 1. The minimum Gasteiger partial charge on any atom is -0.398 e. The van der Waals surface area contributed by atoms with Crippen LogP contribution in [0.15, 0.2) is 24.3 Å². The highest BCUT2D eigenvalue weighted by molar-refractivity contribution is 5.46. The summed E-state index contributed by atoms with van der Waals surface area (Å²) in [6.45, 7) is 5.36. The van der Waals surface area contributed by atoms with E-state index >= 15 is 0 Å². The molecule has 0 saturated heterocycles. The predicted molar refractivity (Wildman–Crippen MR) is 68.1 cm³/mol. The van der Waals surface area contributed by atoms with Crippen LogP contribution in [-0.4, -0.2) is 29.7 Å². The average Bonchev–Trinajstić information content (AvgIpc) is 2.30. The van der Waals surface area contributed by atoms with Crippen molar-refractivity contribution >= 4 is 5.69 Å². The largest absolute Gasteiger partial charge is 0.398 e. The molecule has 0 aliphatic rings. The molecule has 16 heavy (non-hydrogen) atoms. The lowest BCUT2D eigenvalue weighted by Gasteiger charge is -2.21. The van der Waals surface area contributed by atoms with Crippen molar-refractivity contribution < 1.29 is 5.11 Å². The van der Waals surface area contributed by atoms with E-state index in [0.29, 0.717) is 0 Å². The van der Waals surface area contributed by atoms with Crippen LogP contribution < -0.4 is 5.73 Å². The van der Waals surface area contributed by atoms with Crippen LogP contribution in [-0.2, 0) is 6.54 Å². The fourth-order valence-electron chi connectivity index (χ4n) is 1.72. The summed E-state index contributed by atoms with van der Waals surface area (Å²) in [6, 6.07) is 8.00. The minimum absolute atomic E-state index is 0.283. The first-order valence-electron chi connectivity index (χ1n) is 5.94. The maximum atomic E-state index is 8.75. The quantitative estimate of drug-likeness (QED) is 0.547. The number of aliphatic hydroxyl groups is 1. The Morgan fingerprint density at radius 1 is 1.25 bits per heavy atom. The van der Waals surface area contributed by atoms with Gasteiger partial charge in [-0.1, -0.05) is 25.1 Å². The maximum absolute atomic E-state index is 8.75. The Hall–Kier alpha value is -1.06. The molecule has 1 aromatic carbocycles. The van der Waals surface area contributed by atoms with Crippen LogP contribution in [0.1, 0.15) is 25.3 Å². The summed E-state index contributed by atoms with van der Waals surface area (Å²) in [7, 11) is 0. The number of hydrogen-bond acceptors (Lipinski definition) is 3. The molecule has 0 aromatic heterocycles. The van der Waals surface area contributed by atoms with Crippen molar-refractivity contribution in [2.75, 3.05) is 25.4 Å². The third-order valence-electron chi connectivity index (χ3n) is 2.78. The van der Waals surface area contributed by atoms with Crippen molar-refractivity contribution in [2.24, 2.45) is 0 Å². The zero-order valence-electron chi connectivity index (χ0n) is 10.0. The molecular formula is C13H22N2O. The molecule has 0 bridgehead atoms. The number of nitrogens with zero attached hydrogens (tertiary/aromatic N) is 1. The van der Waals surface area contributed by atoms with E-state index in [9.17, 15) is 0 Å². The Morgan fingerprint density at radius 3 is 2.62 bits per heavy atom. The molecule has 0 spiro atoms. The van der Waals surface area contributed by atoms with Crippen LogP contribution >= 0.6 is 0 Å². The minimum atomic E-state index is 0.283. The lowest BCUT2D eigenvalue weighted by Crippen LogP contribution is -2.24. The zero-order valence-corrected chi connectivity index (χ0v) is 10.0. The molecular weight excluding hydrogens is 200 g/mol. The van der Waals surface area contributed by atoms with E-state index in [2.05, 4.69) is 17.9 Å². The van der Waals surface area contributed by atoms with E-state index in [0.717, 1.165) is 38.2 Å². The zero-order chi connectivity index (χ0) is 11.8. The highest BCUT2D eigenvalue weighted by Crippen LogP contribution is 2.13. The SMILES string of the molecule is CCN(CCCCO)Cc1ccccc1N. The highest BCUT2D eigenvalue weighted by atomic mass is 16.2. The van der Waals surface area contributed by atoms with E-state index in [1.54, 1.807) is 0 Å². The number of hydrogen-bond donors (Lipinski definition) is 2. The number of anilines is 1. The van der Waals surface area contributed by atoms with Gasteiger partial charge in [-0.15, -0.1) is 0 Å². The fraction of sp³-hybridized carbons (Fsp3) is 0.538. The number of rotatable bonds is 7. The van der Waals surface area contributed by atoms with Gasteiger partial charge in [-0.2, -0.15) is 0 Å². The number of benzene rings is 1. The lowest BCUT2D eigenvalue weighted by molar-refractivity contribution is 0.244. The maximum Gasteiger partial charge on any atom is 0.0431 e. The van der Waals surface area contributed by atoms with Gasteiger partial charge in [0.25, 0.3) is 0 Å². The van der Waals surface area contributed by atoms with Crippen molar-refractivity contribution in [1.29, 1.82) is 0 Å². The summed E-state index contributed by atoms with van der Waals surface area (Å²) >= 11 is 0. The van der Waals surface area contributed by atoms with Gasteiger partial charge >= 0.3 is 0 Å². The molecule has 3 heteroatoms. The second-order valence-corrected chi connectivity index (χ2v) is 4.00. The Labute approximate surface area is 97.9 Å². The molecule has 0 aliphatic carbocycles. The van der Waals surface area contributed by atoms with Crippen LogP contribution in [0.4, 0.5) is 5.69 Å². The van der Waals surface area contributed by atoms with Gasteiger partial charge in [-0.25, -0.2) is 0 Å². The Morgan fingerprint density at radius 2 is 2.00 bits per heavy atom. The van der Waals surface area contributed by atoms with Crippen LogP contribution in [0.3, 0.4) is 0 Å². The summed E-state index contributed by atoms with van der Waals surface area (Å²) in [5, 5.41) is 8.75. The first kappa shape index (κ1) is 13.0. The summed E-state index contributed by atoms with van der Waals surface area (Å²) in [6.07, 6.45) is 1.91. The van der Waals surface area contributed by atoms with Crippen molar-refractivity contribution in [3.63, 3.8) is 0 Å². The molecule has 90 valence electrons. The molecule has 3 nitrogen and oxygen atoms in total. The van der Waals surface area contributed by atoms with Crippen molar-refractivity contribution in [3.05, 3.63) is 29.8 Å². The first-order valence-corrected chi connectivity index (χ1v) is 5.94. The molecule has 1 aromatic rings. The van der Waals surface area contributed by atoms with Crippen molar-refractivity contribution in [1.82, 2.24) is 4.90 Å². The fourth-order valence-corrected chi connectivity index (χ4v) is 1.72. The van der Waals surface area contributed by atoms with Gasteiger partial charge in [0.05, 0.1) is 0 Å². The number of para-hydroxylation sites is 1. The Kier molecular flexibility index (Phi) is 5.90. The molecule has 0 heterocycles. The van der Waals surface area contributed by atoms with Crippen LogP contribution in [0.5, 0.6) is 0 Å². The molecule has 0 unspecified atom stereocenters. The molecule has 0 fully saturated rings. The van der Waals surface area contributed by atoms with Crippen LogP contribution in [0, 0.1) is 0 Å². The van der Waals surface area contributed by atoms with E-state index < -0.39 is 0 Å². The summed E-state index contributed by atoms with van der Waals surface area (Å²) in [4.78, 5) is 2.35. The van der Waals surface area contributed by atoms with E-state index in [4.69, 9.17) is 10.8 Å². The second-order valence-electron chi connectivity index (χ2n) is 4.00. The van der Waals surface area contributed by atoms with Crippen molar-refractivity contribution in [2.45, 2.75) is 26.3 Å². The molecule has 0 atom stereocenters. The van der Waals surface area contributed by atoms with E-state index in [-0.39, 0.29) is 6.61 Å². The van der Waals surface area contributed by atoms with Gasteiger partial charge in [0.15, 0.2) is 0 Å². The van der Waals surface area contributed by atoms with Gasteiger partial charge in [-0.3, -0.25) is 4.90 Å². The van der Waals surface area contributed by atoms with Crippen LogP contribution in [0.25, 0.3) is 0 Å². The highest BCUT2D eigenvalue weighted by Gasteiger charge is 2.05. The van der Waals surface area contributed by atoms with Crippen molar-refractivity contribution in [3.8, 4) is 0 Å². The monoisotopic (exact) mass is 222 g/mol. The lowest BCUT2D eigenvalue weighted by atomic mass is 10.1. The summed E-state index contributed by atoms with van der Waals surface area (Å²) < 4.78 is 0. The van der Waals surface area contributed by atoms with Crippen LogP contribution in [0.2, 0.25) is 0 Å². The third kappa shape index (κ3) is 4.21. The number of nitrogens with two attached hydrogens (primary N) is 1. The standard InChI is InChI=1S/C13H22N2O/c1-2-15(9-5-6-10-16)11-12-7-3-4-8-13(12)14/h3-4,7-8,16H,2,5-6,9-11,14H2,1H3. The molecule has 0 saturated carbocycles. The average molecular weight is 222 g/mol. The molecule has 1 rings (SSSR count). The second kappa shape index (κ2) is 7.25. The molecule has 3 N–H and O–H groups in total. The van der Waals surface area contributed by atoms with Gasteiger partial charge in [0.2, 0.25) is 0 Å². The summed E-state index contributed by atoms with van der Waals surface area (Å²) in [5.74, 6) is 0. The van der Waals surface area contributed by atoms with Gasteiger partial charge in [0.1, 0.15) is 0 Å². The predicted octanol–water partition coefficient (Wildman–Crippen LogP) is 1.86.